The summed E-state index contributed by atoms with van der Waals surface area (Å²) in [5.41, 5.74) is 12.1. The van der Waals surface area contributed by atoms with Crippen molar-refractivity contribution in [3.05, 3.63) is 95.6 Å². The number of nitrogens with zero attached hydrogens (tertiary/aromatic N) is 1. The van der Waals surface area contributed by atoms with Crippen LogP contribution in [0.4, 0.5) is 0 Å². The second-order valence-electron chi connectivity index (χ2n) is 6.84. The molecule has 1 amide bonds. The highest BCUT2D eigenvalue weighted by molar-refractivity contribution is 5.82. The summed E-state index contributed by atoms with van der Waals surface area (Å²) in [4.78, 5) is 14.6. The summed E-state index contributed by atoms with van der Waals surface area (Å²) >= 11 is 0. The molecular weight excluding hydrogens is 320 g/mol. The summed E-state index contributed by atoms with van der Waals surface area (Å²) < 4.78 is 0. The minimum atomic E-state index is -0.508. The fraction of sp³-hybridized carbons (Fsp3) is 0.174. The number of rotatable bonds is 4. The first-order chi connectivity index (χ1) is 12.7. The van der Waals surface area contributed by atoms with Crippen LogP contribution in [0.15, 0.2) is 78.9 Å². The molecule has 3 aromatic rings. The smallest absolute Gasteiger partial charge is 0.240 e. The van der Waals surface area contributed by atoms with Gasteiger partial charge in [0.1, 0.15) is 0 Å². The lowest BCUT2D eigenvalue weighted by atomic mass is 10.0. The fourth-order valence-electron chi connectivity index (χ4n) is 3.53. The van der Waals surface area contributed by atoms with Crippen molar-refractivity contribution in [3.63, 3.8) is 0 Å². The van der Waals surface area contributed by atoms with E-state index in [-0.39, 0.29) is 5.91 Å². The van der Waals surface area contributed by atoms with Crippen LogP contribution < -0.4 is 5.73 Å². The van der Waals surface area contributed by atoms with Crippen LogP contribution in [-0.2, 0) is 24.3 Å². The molecule has 2 N–H and O–H groups in total. The Bertz CT molecular complexity index is 878. The lowest BCUT2D eigenvalue weighted by Crippen LogP contribution is -2.42. The van der Waals surface area contributed by atoms with E-state index in [4.69, 9.17) is 5.73 Å². The van der Waals surface area contributed by atoms with E-state index in [9.17, 15) is 4.79 Å². The Labute approximate surface area is 154 Å². The Morgan fingerprint density at radius 1 is 0.808 bits per heavy atom. The molecule has 0 saturated heterocycles. The maximum Gasteiger partial charge on any atom is 0.240 e. The molecule has 0 fully saturated rings. The lowest BCUT2D eigenvalue weighted by molar-refractivity contribution is -0.133. The molecule has 130 valence electrons. The lowest BCUT2D eigenvalue weighted by Gasteiger charge is -2.20. The molecule has 0 saturated carbocycles. The van der Waals surface area contributed by atoms with Crippen LogP contribution in [0.1, 0.15) is 16.7 Å². The molecule has 26 heavy (non-hydrogen) atoms. The third-order valence-corrected chi connectivity index (χ3v) is 4.99. The number of nitrogens with two attached hydrogens (primary N) is 1. The van der Waals surface area contributed by atoms with Crippen LogP contribution in [0, 0.1) is 0 Å². The van der Waals surface area contributed by atoms with Crippen LogP contribution in [0.2, 0.25) is 0 Å². The minimum Gasteiger partial charge on any atom is -0.333 e. The van der Waals surface area contributed by atoms with Crippen molar-refractivity contribution in [1.29, 1.82) is 0 Å². The van der Waals surface area contributed by atoms with E-state index >= 15 is 0 Å². The van der Waals surface area contributed by atoms with Crippen LogP contribution in [0.3, 0.4) is 0 Å². The van der Waals surface area contributed by atoms with E-state index in [0.29, 0.717) is 19.5 Å². The van der Waals surface area contributed by atoms with Crippen LogP contribution in [0.25, 0.3) is 11.1 Å². The van der Waals surface area contributed by atoms with Gasteiger partial charge >= 0.3 is 0 Å². The van der Waals surface area contributed by atoms with Crippen LogP contribution in [-0.4, -0.2) is 16.8 Å². The van der Waals surface area contributed by atoms with E-state index in [2.05, 4.69) is 48.5 Å². The molecule has 1 aliphatic heterocycles. The molecule has 0 aromatic heterocycles. The predicted octanol–water partition coefficient (Wildman–Crippen LogP) is 3.77. The number of carbonyl (C=O) groups excluding carboxylic acids is 1. The van der Waals surface area contributed by atoms with E-state index in [0.717, 1.165) is 5.56 Å². The zero-order valence-corrected chi connectivity index (χ0v) is 14.6. The van der Waals surface area contributed by atoms with Gasteiger partial charge in [0.2, 0.25) is 5.91 Å². The maximum atomic E-state index is 12.7. The molecule has 0 spiro atoms. The SMILES string of the molecule is NC(Cc1ccc(-c2ccccc2)cc1)C(=O)N1Cc2ccccc2C1. The van der Waals surface area contributed by atoms with Crippen LogP contribution in [0.5, 0.6) is 0 Å². The first kappa shape index (κ1) is 16.6. The molecule has 0 radical (unpaired) electrons. The van der Waals surface area contributed by atoms with E-state index in [1.807, 2.05) is 35.2 Å². The van der Waals surface area contributed by atoms with Crippen LogP contribution >= 0.6 is 0 Å². The Balaban J connectivity index is 1.40. The second-order valence-corrected chi connectivity index (χ2v) is 6.84. The molecule has 1 heterocycles. The van der Waals surface area contributed by atoms with Crippen molar-refractivity contribution in [2.75, 3.05) is 0 Å². The van der Waals surface area contributed by atoms with E-state index in [1.165, 1.54) is 22.3 Å². The highest BCUT2D eigenvalue weighted by atomic mass is 16.2. The third-order valence-electron chi connectivity index (χ3n) is 4.99. The number of amides is 1. The summed E-state index contributed by atoms with van der Waals surface area (Å²) in [7, 11) is 0. The zero-order valence-electron chi connectivity index (χ0n) is 14.6. The maximum absolute atomic E-state index is 12.7. The monoisotopic (exact) mass is 342 g/mol. The van der Waals surface area contributed by atoms with Crippen molar-refractivity contribution in [2.24, 2.45) is 5.73 Å². The van der Waals surface area contributed by atoms with Gasteiger partial charge in [0.05, 0.1) is 6.04 Å². The van der Waals surface area contributed by atoms with Gasteiger partial charge < -0.3 is 10.6 Å². The number of fused-ring (bicyclic) bond motifs is 1. The second kappa shape index (κ2) is 7.14. The summed E-state index contributed by atoms with van der Waals surface area (Å²) in [6, 6.07) is 26.3. The quantitative estimate of drug-likeness (QED) is 0.784. The normalized spacial score (nSPS) is 14.1. The fourth-order valence-corrected chi connectivity index (χ4v) is 3.53. The standard InChI is InChI=1S/C23H22N2O/c24-22(23(26)25-15-20-8-4-5-9-21(20)16-25)14-17-10-12-19(13-11-17)18-6-2-1-3-7-18/h1-13,22H,14-16,24H2. The van der Waals surface area contributed by atoms with Gasteiger partial charge in [-0.2, -0.15) is 0 Å². The summed E-state index contributed by atoms with van der Waals surface area (Å²) in [5.74, 6) is 0.0216. The van der Waals surface area contributed by atoms with Gasteiger partial charge in [0, 0.05) is 13.1 Å². The Morgan fingerprint density at radius 2 is 1.35 bits per heavy atom. The number of hydrogen-bond donors (Lipinski definition) is 1. The third kappa shape index (κ3) is 3.39. The molecule has 3 heteroatoms. The average Bonchev–Trinajstić information content (AvgIpc) is 3.13. The first-order valence-electron chi connectivity index (χ1n) is 8.96. The number of benzene rings is 3. The first-order valence-corrected chi connectivity index (χ1v) is 8.96. The van der Waals surface area contributed by atoms with Crippen molar-refractivity contribution < 1.29 is 4.79 Å². The molecule has 4 rings (SSSR count). The molecule has 0 aliphatic carbocycles. The van der Waals surface area contributed by atoms with E-state index < -0.39 is 6.04 Å². The Morgan fingerprint density at radius 3 is 1.96 bits per heavy atom. The van der Waals surface area contributed by atoms with E-state index in [1.54, 1.807) is 0 Å². The summed E-state index contributed by atoms with van der Waals surface area (Å²) in [6.45, 7) is 1.32. The van der Waals surface area contributed by atoms with Crippen molar-refractivity contribution in [3.8, 4) is 11.1 Å². The highest BCUT2D eigenvalue weighted by Gasteiger charge is 2.26. The van der Waals surface area contributed by atoms with Crippen molar-refractivity contribution >= 4 is 5.91 Å². The Hall–Kier alpha value is -2.91. The van der Waals surface area contributed by atoms with Gasteiger partial charge in [-0.3, -0.25) is 4.79 Å². The van der Waals surface area contributed by atoms with Crippen molar-refractivity contribution in [2.45, 2.75) is 25.6 Å². The number of hydrogen-bond acceptors (Lipinski definition) is 2. The van der Waals surface area contributed by atoms with Gasteiger partial charge in [-0.05, 0) is 34.2 Å². The molecule has 3 aromatic carbocycles. The zero-order chi connectivity index (χ0) is 17.9. The molecular formula is C23H22N2O. The minimum absolute atomic E-state index is 0.0216. The van der Waals surface area contributed by atoms with Gasteiger partial charge in [0.15, 0.2) is 0 Å². The number of carbonyl (C=O) groups is 1. The molecule has 1 unspecified atom stereocenters. The van der Waals surface area contributed by atoms with Gasteiger partial charge in [-0.15, -0.1) is 0 Å². The summed E-state index contributed by atoms with van der Waals surface area (Å²) in [6.07, 6.45) is 0.556. The topological polar surface area (TPSA) is 46.3 Å². The van der Waals surface area contributed by atoms with Gasteiger partial charge in [0.25, 0.3) is 0 Å². The summed E-state index contributed by atoms with van der Waals surface area (Å²) in [5, 5.41) is 0. The predicted molar refractivity (Wildman–Crippen MR) is 104 cm³/mol. The van der Waals surface area contributed by atoms with Crippen molar-refractivity contribution in [1.82, 2.24) is 4.90 Å². The Kier molecular flexibility index (Phi) is 4.55. The van der Waals surface area contributed by atoms with Gasteiger partial charge in [-0.25, -0.2) is 0 Å². The largest absolute Gasteiger partial charge is 0.333 e. The highest BCUT2D eigenvalue weighted by Crippen LogP contribution is 2.23. The molecule has 0 bridgehead atoms. The molecule has 1 atom stereocenters. The van der Waals surface area contributed by atoms with Gasteiger partial charge in [-0.1, -0.05) is 78.9 Å². The molecule has 1 aliphatic rings. The average molecular weight is 342 g/mol. The molecule has 3 nitrogen and oxygen atoms in total.